The van der Waals surface area contributed by atoms with Crippen molar-refractivity contribution in [3.8, 4) is 0 Å². The minimum Gasteiger partial charge on any atom is -0.224 e. The second kappa shape index (κ2) is 5.39. The van der Waals surface area contributed by atoms with Gasteiger partial charge in [0.15, 0.2) is 0 Å². The first kappa shape index (κ1) is 13.1. The molecule has 4 heteroatoms. The Hall–Kier alpha value is 0.0400. The summed E-state index contributed by atoms with van der Waals surface area (Å²) >= 11 is 5.21. The van der Waals surface area contributed by atoms with Crippen molar-refractivity contribution in [2.24, 2.45) is 0 Å². The maximum Gasteiger partial charge on any atom is 0.147 e. The van der Waals surface area contributed by atoms with Gasteiger partial charge in [-0.2, -0.15) is 4.37 Å². The quantitative estimate of drug-likeness (QED) is 0.785. The number of hydrogen-bond acceptors (Lipinski definition) is 3. The summed E-state index contributed by atoms with van der Waals surface area (Å²) in [5.41, 5.74) is 0.0707. The first-order valence-electron chi connectivity index (χ1n) is 5.40. The lowest BCUT2D eigenvalue weighted by molar-refractivity contribution is 0.552. The largest absolute Gasteiger partial charge is 0.224 e. The van der Waals surface area contributed by atoms with Gasteiger partial charge in [-0.3, -0.25) is 0 Å². The van der Waals surface area contributed by atoms with Crippen LogP contribution in [-0.4, -0.2) is 14.2 Å². The van der Waals surface area contributed by atoms with Gasteiger partial charge in [-0.25, -0.2) is 4.98 Å². The van der Waals surface area contributed by atoms with Crippen LogP contribution >= 0.6 is 27.5 Å². The molecule has 15 heavy (non-hydrogen) atoms. The number of halogens is 1. The molecule has 2 nitrogen and oxygen atoms in total. The smallest absolute Gasteiger partial charge is 0.147 e. The third kappa shape index (κ3) is 4.19. The molecule has 1 aromatic rings. The highest BCUT2D eigenvalue weighted by Crippen LogP contribution is 2.22. The summed E-state index contributed by atoms with van der Waals surface area (Å²) in [5, 5.41) is 1.15. The van der Waals surface area contributed by atoms with E-state index in [0.717, 1.165) is 17.3 Å². The van der Waals surface area contributed by atoms with Crippen molar-refractivity contribution in [2.75, 3.05) is 0 Å². The van der Waals surface area contributed by atoms with Crippen molar-refractivity contribution in [1.29, 1.82) is 0 Å². The first-order valence-corrected chi connectivity index (χ1v) is 7.09. The predicted octanol–water partition coefficient (Wildman–Crippen LogP) is 3.94. The summed E-state index contributed by atoms with van der Waals surface area (Å²) in [6.45, 7) is 8.65. The van der Waals surface area contributed by atoms with E-state index in [0.29, 0.717) is 4.83 Å². The molecule has 0 spiro atoms. The number of hydrogen-bond donors (Lipinski definition) is 0. The highest BCUT2D eigenvalue weighted by Gasteiger charge is 2.20. The van der Waals surface area contributed by atoms with Crippen LogP contribution in [0.15, 0.2) is 0 Å². The van der Waals surface area contributed by atoms with E-state index in [4.69, 9.17) is 0 Å². The van der Waals surface area contributed by atoms with Gasteiger partial charge in [0, 0.05) is 16.7 Å². The van der Waals surface area contributed by atoms with Gasteiger partial charge in [0.25, 0.3) is 0 Å². The Balaban J connectivity index is 2.61. The lowest BCUT2D eigenvalue weighted by Gasteiger charge is -2.12. The van der Waals surface area contributed by atoms with Crippen LogP contribution in [0.25, 0.3) is 0 Å². The minimum atomic E-state index is 0.0707. The lowest BCUT2D eigenvalue weighted by atomic mass is 9.96. The Labute approximate surface area is 105 Å². The van der Waals surface area contributed by atoms with Crippen LogP contribution in [0.3, 0.4) is 0 Å². The maximum absolute atomic E-state index is 4.58. The SMILES string of the molecule is CCCC(Br)Cc1nc(C(C)(C)C)ns1. The predicted molar refractivity (Wildman–Crippen MR) is 69.9 cm³/mol. The van der Waals surface area contributed by atoms with E-state index in [2.05, 4.69) is 53.0 Å². The monoisotopic (exact) mass is 290 g/mol. The molecular weight excluding hydrogens is 272 g/mol. The summed E-state index contributed by atoms with van der Waals surface area (Å²) in [6.07, 6.45) is 3.41. The molecule has 0 aliphatic rings. The third-order valence-corrected chi connectivity index (χ3v) is 3.65. The van der Waals surface area contributed by atoms with Crippen molar-refractivity contribution < 1.29 is 0 Å². The fourth-order valence-electron chi connectivity index (χ4n) is 1.25. The zero-order valence-electron chi connectivity index (χ0n) is 9.88. The molecule has 0 aliphatic heterocycles. The summed E-state index contributed by atoms with van der Waals surface area (Å²) in [6, 6.07) is 0. The standard InChI is InChI=1S/C11H19BrN2S/c1-5-6-8(12)7-9-13-10(14-15-9)11(2,3)4/h8H,5-7H2,1-4H3. The van der Waals surface area contributed by atoms with Crippen molar-refractivity contribution in [3.05, 3.63) is 10.8 Å². The minimum absolute atomic E-state index is 0.0707. The zero-order valence-corrected chi connectivity index (χ0v) is 12.3. The van der Waals surface area contributed by atoms with Crippen LogP contribution < -0.4 is 0 Å². The van der Waals surface area contributed by atoms with Crippen molar-refractivity contribution in [1.82, 2.24) is 9.36 Å². The highest BCUT2D eigenvalue weighted by molar-refractivity contribution is 9.09. The van der Waals surface area contributed by atoms with E-state index >= 15 is 0 Å². The molecule has 1 atom stereocenters. The topological polar surface area (TPSA) is 25.8 Å². The van der Waals surface area contributed by atoms with E-state index in [9.17, 15) is 0 Å². The Kier molecular flexibility index (Phi) is 4.71. The molecule has 86 valence electrons. The summed E-state index contributed by atoms with van der Waals surface area (Å²) in [4.78, 5) is 5.13. The van der Waals surface area contributed by atoms with E-state index in [1.165, 1.54) is 24.4 Å². The fraction of sp³-hybridized carbons (Fsp3) is 0.818. The molecule has 0 radical (unpaired) electrons. The van der Waals surface area contributed by atoms with E-state index in [-0.39, 0.29) is 5.41 Å². The normalized spacial score (nSPS) is 14.2. The number of nitrogens with zero attached hydrogens (tertiary/aromatic N) is 2. The molecule has 1 rings (SSSR count). The van der Waals surface area contributed by atoms with E-state index in [1.54, 1.807) is 0 Å². The van der Waals surface area contributed by atoms with Crippen molar-refractivity contribution in [2.45, 2.75) is 57.2 Å². The van der Waals surface area contributed by atoms with Crippen LogP contribution in [0.2, 0.25) is 0 Å². The summed E-state index contributed by atoms with van der Waals surface area (Å²) < 4.78 is 4.41. The second-order valence-electron chi connectivity index (χ2n) is 4.85. The first-order chi connectivity index (χ1) is 6.93. The van der Waals surface area contributed by atoms with Gasteiger partial charge >= 0.3 is 0 Å². The van der Waals surface area contributed by atoms with E-state index < -0.39 is 0 Å². The molecule has 1 heterocycles. The molecule has 0 aliphatic carbocycles. The van der Waals surface area contributed by atoms with Crippen LogP contribution in [0.5, 0.6) is 0 Å². The van der Waals surface area contributed by atoms with Crippen LogP contribution in [-0.2, 0) is 11.8 Å². The summed E-state index contributed by atoms with van der Waals surface area (Å²) in [5.74, 6) is 0.971. The van der Waals surface area contributed by atoms with Gasteiger partial charge in [0.05, 0.1) is 0 Å². The Morgan fingerprint density at radius 3 is 2.53 bits per heavy atom. The number of rotatable bonds is 4. The summed E-state index contributed by atoms with van der Waals surface area (Å²) in [7, 11) is 0. The second-order valence-corrected chi connectivity index (χ2v) is 6.98. The molecule has 0 fully saturated rings. The van der Waals surface area contributed by atoms with Gasteiger partial charge in [-0.05, 0) is 18.0 Å². The Morgan fingerprint density at radius 1 is 1.40 bits per heavy atom. The average molecular weight is 291 g/mol. The van der Waals surface area contributed by atoms with Crippen LogP contribution in [0.1, 0.15) is 51.4 Å². The molecule has 0 aromatic carbocycles. The third-order valence-electron chi connectivity index (χ3n) is 2.14. The van der Waals surface area contributed by atoms with Gasteiger partial charge in [-0.1, -0.05) is 50.0 Å². The van der Waals surface area contributed by atoms with Crippen molar-refractivity contribution >= 4 is 27.5 Å². The molecule has 1 aromatic heterocycles. The van der Waals surface area contributed by atoms with Gasteiger partial charge in [-0.15, -0.1) is 0 Å². The van der Waals surface area contributed by atoms with Gasteiger partial charge < -0.3 is 0 Å². The van der Waals surface area contributed by atoms with E-state index in [1.807, 2.05) is 0 Å². The van der Waals surface area contributed by atoms with Crippen LogP contribution in [0.4, 0.5) is 0 Å². The van der Waals surface area contributed by atoms with Crippen LogP contribution in [0, 0.1) is 0 Å². The number of aromatic nitrogens is 2. The zero-order chi connectivity index (χ0) is 11.5. The van der Waals surface area contributed by atoms with Crippen molar-refractivity contribution in [3.63, 3.8) is 0 Å². The molecule has 0 N–H and O–H groups in total. The van der Waals surface area contributed by atoms with Gasteiger partial charge in [0.1, 0.15) is 10.8 Å². The van der Waals surface area contributed by atoms with Gasteiger partial charge in [0.2, 0.25) is 0 Å². The maximum atomic E-state index is 4.58. The molecule has 0 bridgehead atoms. The lowest BCUT2D eigenvalue weighted by Crippen LogP contribution is -2.13. The molecule has 0 saturated heterocycles. The molecule has 0 saturated carbocycles. The number of alkyl halides is 1. The molecule has 0 amide bonds. The Bertz CT molecular complexity index is 304. The Morgan fingerprint density at radius 2 is 2.07 bits per heavy atom. The fourth-order valence-corrected chi connectivity index (χ4v) is 3.14. The molecular formula is C11H19BrN2S. The highest BCUT2D eigenvalue weighted by atomic mass is 79.9. The average Bonchev–Trinajstić information content (AvgIpc) is 2.52. The molecule has 1 unspecified atom stereocenters.